The minimum Gasteiger partial charge on any atom is -0.384 e. The first-order valence-electron chi connectivity index (χ1n) is 5.59. The molecule has 102 valence electrons. The van der Waals surface area contributed by atoms with Gasteiger partial charge in [0.15, 0.2) is 0 Å². The Morgan fingerprint density at radius 2 is 2.35 bits per heavy atom. The molecule has 0 saturated heterocycles. The number of hydrogen-bond donors (Lipinski definition) is 2. The average Bonchev–Trinajstić information content (AvgIpc) is 2.91. The van der Waals surface area contributed by atoms with Gasteiger partial charge in [-0.1, -0.05) is 11.8 Å². The Hall–Kier alpha value is -2.79. The van der Waals surface area contributed by atoms with Gasteiger partial charge in [0.25, 0.3) is 0 Å². The number of nitrogens with one attached hydrogen (secondary N) is 1. The van der Waals surface area contributed by atoms with Crippen LogP contribution in [0.5, 0.6) is 0 Å². The van der Waals surface area contributed by atoms with Gasteiger partial charge in [0.2, 0.25) is 5.91 Å². The van der Waals surface area contributed by atoms with E-state index in [1.807, 2.05) is 0 Å². The third-order valence-electron chi connectivity index (χ3n) is 2.25. The quantitative estimate of drug-likeness (QED) is 0.756. The molecule has 2 rings (SSSR count). The number of halogens is 1. The summed E-state index contributed by atoms with van der Waals surface area (Å²) < 4.78 is 14.4. The number of benzene rings is 1. The van der Waals surface area contributed by atoms with E-state index in [1.165, 1.54) is 29.2 Å². The maximum Gasteiger partial charge on any atom is 0.246 e. The zero-order chi connectivity index (χ0) is 14.4. The molecule has 0 atom stereocenters. The molecule has 2 aromatic rings. The van der Waals surface area contributed by atoms with Crippen LogP contribution >= 0.6 is 0 Å². The van der Waals surface area contributed by atoms with Crippen LogP contribution in [0.25, 0.3) is 0 Å². The predicted molar refractivity (Wildman–Crippen MR) is 66.8 cm³/mol. The van der Waals surface area contributed by atoms with Gasteiger partial charge in [-0.25, -0.2) is 9.07 Å². The Kier molecular flexibility index (Phi) is 4.36. The summed E-state index contributed by atoms with van der Waals surface area (Å²) in [5, 5.41) is 21.6. The van der Waals surface area contributed by atoms with Crippen LogP contribution in [0.4, 0.5) is 10.1 Å². The first-order valence-corrected chi connectivity index (χ1v) is 5.59. The van der Waals surface area contributed by atoms with E-state index in [2.05, 4.69) is 32.7 Å². The number of aliphatic hydroxyl groups is 1. The molecular weight excluding hydrogens is 265 g/mol. The van der Waals surface area contributed by atoms with Gasteiger partial charge in [0, 0.05) is 0 Å². The molecule has 1 heterocycles. The highest BCUT2D eigenvalue weighted by atomic mass is 19.1. The number of anilines is 1. The van der Waals surface area contributed by atoms with Gasteiger partial charge in [-0.2, -0.15) is 0 Å². The predicted octanol–water partition coefficient (Wildman–Crippen LogP) is -0.205. The van der Waals surface area contributed by atoms with Crippen molar-refractivity contribution in [2.75, 3.05) is 11.9 Å². The Labute approximate surface area is 113 Å². The maximum absolute atomic E-state index is 13.1. The van der Waals surface area contributed by atoms with Crippen molar-refractivity contribution in [3.05, 3.63) is 35.9 Å². The van der Waals surface area contributed by atoms with Gasteiger partial charge in [-0.15, -0.1) is 5.10 Å². The Bertz CT molecular complexity index is 660. The lowest BCUT2D eigenvalue weighted by Gasteiger charge is -2.07. The van der Waals surface area contributed by atoms with Crippen molar-refractivity contribution in [1.29, 1.82) is 0 Å². The lowest BCUT2D eigenvalue weighted by atomic mass is 10.1. The second kappa shape index (κ2) is 6.40. The molecule has 0 spiro atoms. The van der Waals surface area contributed by atoms with Crippen LogP contribution in [0.1, 0.15) is 5.56 Å². The standard InChI is InChI=1S/C12H10FN5O2/c13-10-3-4-11(9(6-10)2-1-5-19)15-12(20)7-18-8-14-16-17-18/h3-4,6,8,19H,5,7H2,(H,15,20). The monoisotopic (exact) mass is 275 g/mol. The summed E-state index contributed by atoms with van der Waals surface area (Å²) in [6, 6.07) is 3.78. The maximum atomic E-state index is 13.1. The highest BCUT2D eigenvalue weighted by Crippen LogP contribution is 2.16. The summed E-state index contributed by atoms with van der Waals surface area (Å²) in [6.07, 6.45) is 1.30. The van der Waals surface area contributed by atoms with Crippen molar-refractivity contribution in [2.24, 2.45) is 0 Å². The SMILES string of the molecule is O=C(Cn1cnnn1)Nc1ccc(F)cc1C#CCO. The molecule has 1 aromatic heterocycles. The van der Waals surface area contributed by atoms with Gasteiger partial charge in [0.05, 0.1) is 11.3 Å². The van der Waals surface area contributed by atoms with E-state index in [1.54, 1.807) is 0 Å². The molecule has 0 aliphatic carbocycles. The first kappa shape index (κ1) is 13.6. The third kappa shape index (κ3) is 3.60. The zero-order valence-electron chi connectivity index (χ0n) is 10.2. The van der Waals surface area contributed by atoms with E-state index in [9.17, 15) is 9.18 Å². The number of nitrogens with zero attached hydrogens (tertiary/aromatic N) is 4. The number of rotatable bonds is 3. The van der Waals surface area contributed by atoms with Crippen molar-refractivity contribution < 1.29 is 14.3 Å². The number of hydrogen-bond acceptors (Lipinski definition) is 5. The molecular formula is C12H10FN5O2. The summed E-state index contributed by atoms with van der Waals surface area (Å²) >= 11 is 0. The molecule has 0 aliphatic heterocycles. The zero-order valence-corrected chi connectivity index (χ0v) is 10.2. The van der Waals surface area contributed by atoms with E-state index < -0.39 is 5.82 Å². The van der Waals surface area contributed by atoms with E-state index in [0.29, 0.717) is 5.69 Å². The molecule has 0 bridgehead atoms. The number of aromatic nitrogens is 4. The van der Waals surface area contributed by atoms with Crippen LogP contribution in [0.2, 0.25) is 0 Å². The van der Waals surface area contributed by atoms with Crippen molar-refractivity contribution in [3.8, 4) is 11.8 Å². The fourth-order valence-electron chi connectivity index (χ4n) is 1.45. The van der Waals surface area contributed by atoms with Gasteiger partial charge < -0.3 is 10.4 Å². The number of amides is 1. The summed E-state index contributed by atoms with van der Waals surface area (Å²) in [7, 11) is 0. The molecule has 8 heteroatoms. The largest absolute Gasteiger partial charge is 0.384 e. The highest BCUT2D eigenvalue weighted by molar-refractivity contribution is 5.91. The summed E-state index contributed by atoms with van der Waals surface area (Å²) in [5.74, 6) is 4.11. The molecule has 0 unspecified atom stereocenters. The van der Waals surface area contributed by atoms with E-state index in [0.717, 1.165) is 0 Å². The van der Waals surface area contributed by atoms with Crippen LogP contribution in [-0.2, 0) is 11.3 Å². The van der Waals surface area contributed by atoms with Gasteiger partial charge in [0.1, 0.15) is 25.3 Å². The van der Waals surface area contributed by atoms with Crippen LogP contribution < -0.4 is 5.32 Å². The topological polar surface area (TPSA) is 92.9 Å². The first-order chi connectivity index (χ1) is 9.69. The third-order valence-corrected chi connectivity index (χ3v) is 2.25. The van der Waals surface area contributed by atoms with Crippen LogP contribution in [0.3, 0.4) is 0 Å². The second-order valence-electron chi connectivity index (χ2n) is 3.71. The molecule has 0 radical (unpaired) electrons. The van der Waals surface area contributed by atoms with Crippen LogP contribution in [-0.4, -0.2) is 37.8 Å². The number of carbonyl (C=O) groups excluding carboxylic acids is 1. The van der Waals surface area contributed by atoms with E-state index in [4.69, 9.17) is 5.11 Å². The molecule has 7 nitrogen and oxygen atoms in total. The smallest absolute Gasteiger partial charge is 0.246 e. The lowest BCUT2D eigenvalue weighted by Crippen LogP contribution is -2.19. The van der Waals surface area contributed by atoms with Crippen molar-refractivity contribution >= 4 is 11.6 Å². The van der Waals surface area contributed by atoms with Gasteiger partial charge >= 0.3 is 0 Å². The van der Waals surface area contributed by atoms with Crippen LogP contribution in [0.15, 0.2) is 24.5 Å². The highest BCUT2D eigenvalue weighted by Gasteiger charge is 2.08. The van der Waals surface area contributed by atoms with Crippen molar-refractivity contribution in [2.45, 2.75) is 6.54 Å². The minimum absolute atomic E-state index is 0.0722. The second-order valence-corrected chi connectivity index (χ2v) is 3.71. The molecule has 20 heavy (non-hydrogen) atoms. The van der Waals surface area contributed by atoms with Gasteiger partial charge in [-0.3, -0.25) is 4.79 Å². The number of tetrazole rings is 1. The molecule has 0 aliphatic rings. The lowest BCUT2D eigenvalue weighted by molar-refractivity contribution is -0.116. The van der Waals surface area contributed by atoms with Crippen molar-refractivity contribution in [3.63, 3.8) is 0 Å². The Morgan fingerprint density at radius 3 is 3.05 bits per heavy atom. The Balaban J connectivity index is 2.14. The molecule has 1 aromatic carbocycles. The average molecular weight is 275 g/mol. The molecule has 1 amide bonds. The molecule has 0 saturated carbocycles. The minimum atomic E-state index is -0.481. The number of aliphatic hydroxyl groups excluding tert-OH is 1. The van der Waals surface area contributed by atoms with E-state index >= 15 is 0 Å². The normalized spacial score (nSPS) is 9.70. The summed E-state index contributed by atoms with van der Waals surface area (Å²) in [4.78, 5) is 11.8. The Morgan fingerprint density at radius 1 is 1.50 bits per heavy atom. The fourth-order valence-corrected chi connectivity index (χ4v) is 1.45. The van der Waals surface area contributed by atoms with Crippen molar-refractivity contribution in [1.82, 2.24) is 20.2 Å². The fraction of sp³-hybridized carbons (Fsp3) is 0.167. The van der Waals surface area contributed by atoms with E-state index in [-0.39, 0.29) is 24.6 Å². The number of carbonyl (C=O) groups is 1. The van der Waals surface area contributed by atoms with Gasteiger partial charge in [-0.05, 0) is 28.6 Å². The summed E-state index contributed by atoms with van der Waals surface area (Å²) in [5.41, 5.74) is 0.634. The molecule has 0 fully saturated rings. The molecule has 2 N–H and O–H groups in total. The summed E-state index contributed by atoms with van der Waals surface area (Å²) in [6.45, 7) is -0.425. The van der Waals surface area contributed by atoms with Crippen LogP contribution in [0, 0.1) is 17.7 Å².